The van der Waals surface area contributed by atoms with Crippen LogP contribution in [0.2, 0.25) is 0 Å². The van der Waals surface area contributed by atoms with Crippen LogP contribution in [0.3, 0.4) is 0 Å². The molecule has 0 aromatic heterocycles. The van der Waals surface area contributed by atoms with Gasteiger partial charge in [0.05, 0.1) is 13.2 Å². The van der Waals surface area contributed by atoms with E-state index in [4.69, 9.17) is 14.5 Å². The van der Waals surface area contributed by atoms with E-state index in [0.717, 1.165) is 50.0 Å². The van der Waals surface area contributed by atoms with Gasteiger partial charge >= 0.3 is 0 Å². The van der Waals surface area contributed by atoms with Gasteiger partial charge in [-0.2, -0.15) is 0 Å². The van der Waals surface area contributed by atoms with E-state index in [-0.39, 0.29) is 5.91 Å². The van der Waals surface area contributed by atoms with Crippen LogP contribution < -0.4 is 10.1 Å². The maximum absolute atomic E-state index is 11.5. The van der Waals surface area contributed by atoms with Crippen molar-refractivity contribution < 1.29 is 14.3 Å². The summed E-state index contributed by atoms with van der Waals surface area (Å²) >= 11 is 0. The predicted octanol–water partition coefficient (Wildman–Crippen LogP) is 1.34. The summed E-state index contributed by atoms with van der Waals surface area (Å²) in [6.45, 7) is 9.25. The van der Waals surface area contributed by atoms with E-state index in [1.54, 1.807) is 14.0 Å². The number of hydrogen-bond acceptors (Lipinski definition) is 4. The summed E-state index contributed by atoms with van der Waals surface area (Å²) in [5.41, 5.74) is 1.10. The van der Waals surface area contributed by atoms with Crippen LogP contribution >= 0.6 is 0 Å². The average molecular weight is 362 g/mol. The highest BCUT2D eigenvalue weighted by Gasteiger charge is 2.20. The fraction of sp³-hybridized carbons (Fsp3) is 0.579. The SMILES string of the molecule is CCNC(=NCc1cccc(OCCOC)c1)N1CCN(C(C)=O)CC1. The number of piperazine rings is 1. The summed E-state index contributed by atoms with van der Waals surface area (Å²) < 4.78 is 10.7. The zero-order chi connectivity index (χ0) is 18.8. The molecule has 1 aliphatic heterocycles. The molecule has 1 aromatic carbocycles. The van der Waals surface area contributed by atoms with Crippen LogP contribution in [0.5, 0.6) is 5.75 Å². The molecule has 1 aromatic rings. The molecule has 1 heterocycles. The molecule has 1 N–H and O–H groups in total. The van der Waals surface area contributed by atoms with Gasteiger partial charge in [-0.1, -0.05) is 12.1 Å². The van der Waals surface area contributed by atoms with Crippen LogP contribution in [0.1, 0.15) is 19.4 Å². The normalized spacial score (nSPS) is 15.1. The molecule has 1 saturated heterocycles. The molecule has 1 aliphatic rings. The van der Waals surface area contributed by atoms with Gasteiger partial charge in [0.2, 0.25) is 5.91 Å². The molecular weight excluding hydrogens is 332 g/mol. The van der Waals surface area contributed by atoms with Crippen molar-refractivity contribution in [2.45, 2.75) is 20.4 Å². The van der Waals surface area contributed by atoms with Gasteiger partial charge in [0, 0.05) is 46.8 Å². The number of methoxy groups -OCH3 is 1. The van der Waals surface area contributed by atoms with Crippen LogP contribution in [0, 0.1) is 0 Å². The van der Waals surface area contributed by atoms with Crippen molar-refractivity contribution in [3.63, 3.8) is 0 Å². The van der Waals surface area contributed by atoms with Crippen molar-refractivity contribution in [3.05, 3.63) is 29.8 Å². The van der Waals surface area contributed by atoms with E-state index in [0.29, 0.717) is 19.8 Å². The molecule has 0 unspecified atom stereocenters. The number of carbonyl (C=O) groups excluding carboxylic acids is 1. The van der Waals surface area contributed by atoms with Crippen molar-refractivity contribution >= 4 is 11.9 Å². The lowest BCUT2D eigenvalue weighted by atomic mass is 10.2. The molecule has 0 spiro atoms. The predicted molar refractivity (Wildman–Crippen MR) is 102 cm³/mol. The van der Waals surface area contributed by atoms with Crippen molar-refractivity contribution in [1.29, 1.82) is 0 Å². The second kappa shape index (κ2) is 10.7. The number of ether oxygens (including phenoxy) is 2. The van der Waals surface area contributed by atoms with Gasteiger partial charge in [-0.3, -0.25) is 4.79 Å². The van der Waals surface area contributed by atoms with E-state index >= 15 is 0 Å². The molecule has 7 nitrogen and oxygen atoms in total. The van der Waals surface area contributed by atoms with Gasteiger partial charge in [0.25, 0.3) is 0 Å². The van der Waals surface area contributed by atoms with Crippen molar-refractivity contribution in [2.24, 2.45) is 4.99 Å². The number of nitrogens with zero attached hydrogens (tertiary/aromatic N) is 3. The Morgan fingerprint density at radius 3 is 2.58 bits per heavy atom. The highest BCUT2D eigenvalue weighted by Crippen LogP contribution is 2.14. The maximum Gasteiger partial charge on any atom is 0.219 e. The molecule has 0 bridgehead atoms. The molecule has 2 rings (SSSR count). The minimum atomic E-state index is 0.136. The van der Waals surface area contributed by atoms with Crippen LogP contribution in [-0.4, -0.2) is 74.7 Å². The van der Waals surface area contributed by atoms with Crippen LogP contribution in [0.4, 0.5) is 0 Å². The lowest BCUT2D eigenvalue weighted by Gasteiger charge is -2.36. The third kappa shape index (κ3) is 6.22. The van der Waals surface area contributed by atoms with Gasteiger partial charge in [0.15, 0.2) is 5.96 Å². The summed E-state index contributed by atoms with van der Waals surface area (Å²) in [6, 6.07) is 7.97. The van der Waals surface area contributed by atoms with Crippen molar-refractivity contribution in [2.75, 3.05) is 53.0 Å². The monoisotopic (exact) mass is 362 g/mol. The van der Waals surface area contributed by atoms with E-state index in [1.165, 1.54) is 0 Å². The lowest BCUT2D eigenvalue weighted by molar-refractivity contribution is -0.130. The molecule has 0 radical (unpaired) electrons. The third-order valence-corrected chi connectivity index (χ3v) is 4.23. The Morgan fingerprint density at radius 2 is 1.92 bits per heavy atom. The molecule has 1 amide bonds. The summed E-state index contributed by atoms with van der Waals surface area (Å²) in [6.07, 6.45) is 0. The Labute approximate surface area is 156 Å². The standard InChI is InChI=1S/C19H30N4O3/c1-4-20-19(23-10-8-22(9-11-23)16(2)24)21-15-17-6-5-7-18(14-17)26-13-12-25-3/h5-7,14H,4,8-13,15H2,1-3H3,(H,20,21). The first-order chi connectivity index (χ1) is 12.6. The first-order valence-electron chi connectivity index (χ1n) is 9.13. The third-order valence-electron chi connectivity index (χ3n) is 4.23. The zero-order valence-corrected chi connectivity index (χ0v) is 16.0. The summed E-state index contributed by atoms with van der Waals surface area (Å²) in [4.78, 5) is 20.3. The molecule has 0 atom stereocenters. The van der Waals surface area contributed by atoms with Gasteiger partial charge in [-0.05, 0) is 24.6 Å². The van der Waals surface area contributed by atoms with E-state index < -0.39 is 0 Å². The highest BCUT2D eigenvalue weighted by molar-refractivity contribution is 5.80. The Morgan fingerprint density at radius 1 is 1.19 bits per heavy atom. The van der Waals surface area contributed by atoms with Crippen molar-refractivity contribution in [3.8, 4) is 5.75 Å². The average Bonchev–Trinajstić information content (AvgIpc) is 2.66. The number of guanidine groups is 1. The fourth-order valence-corrected chi connectivity index (χ4v) is 2.80. The highest BCUT2D eigenvalue weighted by atomic mass is 16.5. The van der Waals surface area contributed by atoms with Gasteiger partial charge < -0.3 is 24.6 Å². The second-order valence-electron chi connectivity index (χ2n) is 6.15. The van der Waals surface area contributed by atoms with E-state index in [9.17, 15) is 4.79 Å². The topological polar surface area (TPSA) is 66.4 Å². The van der Waals surface area contributed by atoms with Crippen LogP contribution in [0.15, 0.2) is 29.3 Å². The van der Waals surface area contributed by atoms with Crippen LogP contribution in [-0.2, 0) is 16.1 Å². The number of amides is 1. The molecule has 144 valence electrons. The van der Waals surface area contributed by atoms with Crippen molar-refractivity contribution in [1.82, 2.24) is 15.1 Å². The number of carbonyl (C=O) groups is 1. The zero-order valence-electron chi connectivity index (χ0n) is 16.0. The Hall–Kier alpha value is -2.28. The molecule has 0 saturated carbocycles. The fourth-order valence-electron chi connectivity index (χ4n) is 2.80. The summed E-state index contributed by atoms with van der Waals surface area (Å²) in [7, 11) is 1.66. The number of hydrogen-bond donors (Lipinski definition) is 1. The molecule has 7 heteroatoms. The molecule has 26 heavy (non-hydrogen) atoms. The lowest BCUT2D eigenvalue weighted by Crippen LogP contribution is -2.53. The second-order valence-corrected chi connectivity index (χ2v) is 6.15. The molecular formula is C19H30N4O3. The molecule has 1 fully saturated rings. The largest absolute Gasteiger partial charge is 0.491 e. The Bertz CT molecular complexity index is 598. The van der Waals surface area contributed by atoms with E-state index in [1.807, 2.05) is 29.2 Å². The summed E-state index contributed by atoms with van der Waals surface area (Å²) in [5.74, 6) is 1.85. The Balaban J connectivity index is 1.96. The minimum Gasteiger partial charge on any atom is -0.491 e. The van der Waals surface area contributed by atoms with E-state index in [2.05, 4.69) is 17.1 Å². The maximum atomic E-state index is 11.5. The first-order valence-corrected chi connectivity index (χ1v) is 9.13. The smallest absolute Gasteiger partial charge is 0.219 e. The number of nitrogens with one attached hydrogen (secondary N) is 1. The Kier molecular flexibility index (Phi) is 8.21. The van der Waals surface area contributed by atoms with Gasteiger partial charge in [-0.25, -0.2) is 4.99 Å². The number of rotatable bonds is 7. The summed E-state index contributed by atoms with van der Waals surface area (Å²) in [5, 5.41) is 3.35. The number of aliphatic imine (C=N–C) groups is 1. The van der Waals surface area contributed by atoms with Gasteiger partial charge in [0.1, 0.15) is 12.4 Å². The molecule has 0 aliphatic carbocycles. The number of benzene rings is 1. The first kappa shape index (κ1) is 20.0. The van der Waals surface area contributed by atoms with Gasteiger partial charge in [-0.15, -0.1) is 0 Å². The minimum absolute atomic E-state index is 0.136. The quantitative estimate of drug-likeness (QED) is 0.450. The van der Waals surface area contributed by atoms with Crippen LogP contribution in [0.25, 0.3) is 0 Å².